The molecule has 0 amide bonds. The molecule has 0 spiro atoms. The molecule has 0 unspecified atom stereocenters. The van der Waals surface area contributed by atoms with Crippen molar-refractivity contribution in [2.24, 2.45) is 11.8 Å². The molecule has 3 heterocycles. The van der Waals surface area contributed by atoms with Gasteiger partial charge in [0, 0.05) is 31.0 Å². The van der Waals surface area contributed by atoms with Crippen LogP contribution in [-0.4, -0.2) is 39.0 Å². The largest absolute Gasteiger partial charge is 0.414 e. The molecule has 27 heavy (non-hydrogen) atoms. The number of anilines is 2. The third kappa shape index (κ3) is 2.73. The highest BCUT2D eigenvalue weighted by atomic mass is 16.4. The second kappa shape index (κ2) is 6.15. The van der Waals surface area contributed by atoms with Gasteiger partial charge in [0.15, 0.2) is 11.5 Å². The highest BCUT2D eigenvalue weighted by molar-refractivity contribution is 5.85. The van der Waals surface area contributed by atoms with Crippen molar-refractivity contribution < 1.29 is 9.21 Å². The highest BCUT2D eigenvalue weighted by Gasteiger charge is 2.42. The van der Waals surface area contributed by atoms with Crippen molar-refractivity contribution in [3.05, 3.63) is 36.5 Å². The molecular formula is C19H18N6O2. The first-order valence-electron chi connectivity index (χ1n) is 8.98. The van der Waals surface area contributed by atoms with Crippen LogP contribution in [0.1, 0.15) is 12.8 Å². The van der Waals surface area contributed by atoms with Gasteiger partial charge in [-0.2, -0.15) is 0 Å². The number of nitrogen functional groups attached to an aromatic ring is 1. The number of nitrogens with zero attached hydrogens (tertiary/aromatic N) is 5. The number of hydrogen-bond donors (Lipinski definition) is 1. The normalized spacial score (nSPS) is 21.6. The second-order valence-electron chi connectivity index (χ2n) is 7.02. The van der Waals surface area contributed by atoms with Crippen LogP contribution in [0.5, 0.6) is 0 Å². The van der Waals surface area contributed by atoms with E-state index in [4.69, 9.17) is 10.2 Å². The van der Waals surface area contributed by atoms with Gasteiger partial charge in [-0.15, -0.1) is 10.2 Å². The number of fused-ring (bicyclic) bond motifs is 1. The molecular weight excluding hydrogens is 344 g/mol. The molecule has 2 fully saturated rings. The van der Waals surface area contributed by atoms with Crippen molar-refractivity contribution in [1.82, 2.24) is 20.2 Å². The van der Waals surface area contributed by atoms with Gasteiger partial charge in [0.1, 0.15) is 11.6 Å². The van der Waals surface area contributed by atoms with E-state index >= 15 is 0 Å². The molecule has 5 rings (SSSR count). The van der Waals surface area contributed by atoms with E-state index in [1.165, 1.54) is 0 Å². The Kier molecular flexibility index (Phi) is 3.63. The number of Topliss-reactive ketones (excluding diaryl/α,β-unsaturated/α-hetero) is 1. The molecule has 0 radical (unpaired) electrons. The lowest BCUT2D eigenvalue weighted by Crippen LogP contribution is -2.24. The molecule has 1 saturated heterocycles. The smallest absolute Gasteiger partial charge is 0.270 e. The van der Waals surface area contributed by atoms with Crippen molar-refractivity contribution in [3.8, 4) is 23.0 Å². The number of carbonyl (C=O) groups is 1. The Morgan fingerprint density at radius 3 is 2.74 bits per heavy atom. The predicted molar refractivity (Wildman–Crippen MR) is 98.6 cm³/mol. The second-order valence-corrected chi connectivity index (χ2v) is 7.02. The fraction of sp³-hybridized carbons (Fsp3) is 0.316. The van der Waals surface area contributed by atoms with Crippen molar-refractivity contribution >= 4 is 17.4 Å². The molecule has 1 aliphatic heterocycles. The zero-order valence-corrected chi connectivity index (χ0v) is 14.6. The Labute approximate surface area is 155 Å². The summed E-state index contributed by atoms with van der Waals surface area (Å²) in [7, 11) is 0. The Morgan fingerprint density at radius 2 is 1.93 bits per heavy atom. The van der Waals surface area contributed by atoms with Crippen LogP contribution in [0.25, 0.3) is 23.0 Å². The van der Waals surface area contributed by atoms with E-state index in [-0.39, 0.29) is 17.6 Å². The monoisotopic (exact) mass is 362 g/mol. The summed E-state index contributed by atoms with van der Waals surface area (Å²) in [6.45, 7) is 1.49. The summed E-state index contributed by atoms with van der Waals surface area (Å²) in [6.07, 6.45) is 3.30. The van der Waals surface area contributed by atoms with E-state index in [1.54, 1.807) is 6.20 Å². The fourth-order valence-electron chi connectivity index (χ4n) is 3.94. The van der Waals surface area contributed by atoms with Crippen LogP contribution in [0, 0.1) is 11.8 Å². The van der Waals surface area contributed by atoms with Crippen LogP contribution in [0.15, 0.2) is 40.9 Å². The summed E-state index contributed by atoms with van der Waals surface area (Å²) < 4.78 is 5.77. The van der Waals surface area contributed by atoms with Crippen LogP contribution >= 0.6 is 0 Å². The Hall–Kier alpha value is -3.29. The lowest BCUT2D eigenvalue weighted by molar-refractivity contribution is -0.120. The molecule has 2 atom stereocenters. The van der Waals surface area contributed by atoms with Gasteiger partial charge < -0.3 is 15.1 Å². The number of hydrogen-bond acceptors (Lipinski definition) is 8. The fourth-order valence-corrected chi connectivity index (χ4v) is 3.94. The minimum atomic E-state index is 0.112. The maximum Gasteiger partial charge on any atom is 0.270 e. The minimum absolute atomic E-state index is 0.112. The SMILES string of the molecule is Nc1ncc(N2C[C@H]3CCC(=O)[C@@H]3C2)nc1-c1nnc(-c2ccccc2)o1. The van der Waals surface area contributed by atoms with Crippen molar-refractivity contribution in [2.75, 3.05) is 23.7 Å². The zero-order chi connectivity index (χ0) is 18.4. The lowest BCUT2D eigenvalue weighted by atomic mass is 10.0. The van der Waals surface area contributed by atoms with E-state index in [2.05, 4.69) is 25.1 Å². The van der Waals surface area contributed by atoms with Gasteiger partial charge in [-0.25, -0.2) is 9.97 Å². The first-order valence-corrected chi connectivity index (χ1v) is 8.98. The van der Waals surface area contributed by atoms with Crippen LogP contribution in [0.4, 0.5) is 11.6 Å². The van der Waals surface area contributed by atoms with Gasteiger partial charge in [-0.1, -0.05) is 18.2 Å². The van der Waals surface area contributed by atoms with E-state index < -0.39 is 0 Å². The molecule has 1 aliphatic carbocycles. The molecule has 8 heteroatoms. The van der Waals surface area contributed by atoms with Crippen LogP contribution < -0.4 is 10.6 Å². The number of rotatable bonds is 3. The summed E-state index contributed by atoms with van der Waals surface area (Å²) in [6, 6.07) is 9.51. The van der Waals surface area contributed by atoms with Crippen molar-refractivity contribution in [2.45, 2.75) is 12.8 Å². The van der Waals surface area contributed by atoms with E-state index in [1.807, 2.05) is 30.3 Å². The predicted octanol–water partition coefficient (Wildman–Crippen LogP) is 2.19. The topological polar surface area (TPSA) is 111 Å². The maximum atomic E-state index is 12.0. The van der Waals surface area contributed by atoms with Crippen LogP contribution in [0.2, 0.25) is 0 Å². The Balaban J connectivity index is 1.45. The van der Waals surface area contributed by atoms with Gasteiger partial charge in [0.2, 0.25) is 5.89 Å². The molecule has 2 aromatic heterocycles. The van der Waals surface area contributed by atoms with Gasteiger partial charge in [0.05, 0.1) is 6.20 Å². The van der Waals surface area contributed by atoms with Gasteiger partial charge >= 0.3 is 0 Å². The number of aromatic nitrogens is 4. The van der Waals surface area contributed by atoms with Gasteiger partial charge in [0.25, 0.3) is 5.89 Å². The minimum Gasteiger partial charge on any atom is -0.414 e. The first-order chi connectivity index (χ1) is 13.2. The zero-order valence-electron chi connectivity index (χ0n) is 14.6. The van der Waals surface area contributed by atoms with E-state index in [0.29, 0.717) is 42.1 Å². The number of benzene rings is 1. The standard InChI is InChI=1S/C19H18N6O2/c20-17-16(19-24-23-18(27-19)11-4-2-1-3-5-11)22-15(8-21-17)25-9-12-6-7-14(26)13(12)10-25/h1-5,8,12-13H,6-7,9-10H2,(H2,20,21)/t12-,13-/m1/s1. The van der Waals surface area contributed by atoms with Crippen molar-refractivity contribution in [1.29, 1.82) is 0 Å². The third-order valence-corrected chi connectivity index (χ3v) is 5.38. The third-order valence-electron chi connectivity index (χ3n) is 5.38. The lowest BCUT2D eigenvalue weighted by Gasteiger charge is -2.18. The summed E-state index contributed by atoms with van der Waals surface area (Å²) >= 11 is 0. The molecule has 8 nitrogen and oxygen atoms in total. The van der Waals surface area contributed by atoms with E-state index in [9.17, 15) is 4.79 Å². The molecule has 1 saturated carbocycles. The molecule has 0 bridgehead atoms. The summed E-state index contributed by atoms with van der Waals surface area (Å²) in [5.41, 5.74) is 7.20. The number of ketones is 1. The van der Waals surface area contributed by atoms with Crippen LogP contribution in [-0.2, 0) is 4.79 Å². The molecule has 2 N–H and O–H groups in total. The highest BCUT2D eigenvalue weighted by Crippen LogP contribution is 2.37. The number of nitrogens with two attached hydrogens (primary N) is 1. The Bertz CT molecular complexity index is 1000. The quantitative estimate of drug-likeness (QED) is 0.755. The maximum absolute atomic E-state index is 12.0. The summed E-state index contributed by atoms with van der Waals surface area (Å²) in [5, 5.41) is 8.18. The summed E-state index contributed by atoms with van der Waals surface area (Å²) in [5.74, 6) is 2.43. The molecule has 3 aromatic rings. The summed E-state index contributed by atoms with van der Waals surface area (Å²) in [4.78, 5) is 23.0. The van der Waals surface area contributed by atoms with Gasteiger partial charge in [-0.3, -0.25) is 4.79 Å². The first kappa shape index (κ1) is 15.9. The molecule has 1 aromatic carbocycles. The Morgan fingerprint density at radius 1 is 1.11 bits per heavy atom. The van der Waals surface area contributed by atoms with Crippen molar-refractivity contribution in [3.63, 3.8) is 0 Å². The average molecular weight is 362 g/mol. The molecule has 2 aliphatic rings. The van der Waals surface area contributed by atoms with Gasteiger partial charge in [-0.05, 0) is 24.5 Å². The van der Waals surface area contributed by atoms with Crippen LogP contribution in [0.3, 0.4) is 0 Å². The molecule has 136 valence electrons. The average Bonchev–Trinajstić information content (AvgIpc) is 3.41. The number of carbonyl (C=O) groups excluding carboxylic acids is 1. The van der Waals surface area contributed by atoms with E-state index in [0.717, 1.165) is 18.5 Å².